The molecule has 2 aromatic heterocycles. The standard InChI is InChI=1S/C18H19FN4O2/c1-12-16-10-13(11-21-17(16)23-22-12)18(24)20-8-2-3-9-25-15-6-4-14(19)5-7-15/h4-7,10-11H,2-3,8-9H2,1H3,(H,20,24)(H,21,22,23). The lowest BCUT2D eigenvalue weighted by Gasteiger charge is -2.07. The summed E-state index contributed by atoms with van der Waals surface area (Å²) in [6.45, 7) is 2.96. The quantitative estimate of drug-likeness (QED) is 0.647. The number of unbranched alkanes of at least 4 members (excludes halogenated alkanes) is 1. The molecule has 0 saturated heterocycles. The molecule has 0 aliphatic heterocycles. The van der Waals surface area contributed by atoms with Crippen LogP contribution in [0.4, 0.5) is 4.39 Å². The van der Waals surface area contributed by atoms with Gasteiger partial charge in [0.2, 0.25) is 0 Å². The molecule has 6 nitrogen and oxygen atoms in total. The van der Waals surface area contributed by atoms with E-state index in [1.807, 2.05) is 6.92 Å². The minimum absolute atomic E-state index is 0.158. The number of carbonyl (C=O) groups is 1. The highest BCUT2D eigenvalue weighted by Gasteiger charge is 2.09. The van der Waals surface area contributed by atoms with Gasteiger partial charge in [0.05, 0.1) is 12.2 Å². The summed E-state index contributed by atoms with van der Waals surface area (Å²) in [5, 5.41) is 10.6. The highest BCUT2D eigenvalue weighted by Crippen LogP contribution is 2.14. The predicted molar refractivity (Wildman–Crippen MR) is 92.1 cm³/mol. The summed E-state index contributed by atoms with van der Waals surface area (Å²) in [5.41, 5.74) is 2.00. The lowest BCUT2D eigenvalue weighted by atomic mass is 10.2. The van der Waals surface area contributed by atoms with Gasteiger partial charge in [-0.15, -0.1) is 0 Å². The van der Waals surface area contributed by atoms with Crippen molar-refractivity contribution in [2.24, 2.45) is 0 Å². The van der Waals surface area contributed by atoms with Gasteiger partial charge in [-0.05, 0) is 50.1 Å². The van der Waals surface area contributed by atoms with Crippen molar-refractivity contribution in [2.75, 3.05) is 13.2 Å². The first-order valence-corrected chi connectivity index (χ1v) is 8.11. The van der Waals surface area contributed by atoms with Crippen molar-refractivity contribution in [2.45, 2.75) is 19.8 Å². The van der Waals surface area contributed by atoms with E-state index in [1.165, 1.54) is 18.3 Å². The summed E-state index contributed by atoms with van der Waals surface area (Å²) >= 11 is 0. The molecule has 0 bridgehead atoms. The van der Waals surface area contributed by atoms with Crippen molar-refractivity contribution in [1.29, 1.82) is 0 Å². The summed E-state index contributed by atoms with van der Waals surface area (Å²) in [4.78, 5) is 16.3. The lowest BCUT2D eigenvalue weighted by molar-refractivity contribution is 0.0952. The summed E-state index contributed by atoms with van der Waals surface area (Å²) in [7, 11) is 0. The van der Waals surface area contributed by atoms with Crippen LogP contribution in [0.5, 0.6) is 5.75 Å². The summed E-state index contributed by atoms with van der Waals surface area (Å²) in [6, 6.07) is 7.70. The third-order valence-electron chi connectivity index (χ3n) is 3.80. The molecule has 3 aromatic rings. The summed E-state index contributed by atoms with van der Waals surface area (Å²) in [5.74, 6) is 0.197. The van der Waals surface area contributed by atoms with E-state index in [0.29, 0.717) is 30.1 Å². The number of amides is 1. The van der Waals surface area contributed by atoms with E-state index in [4.69, 9.17) is 4.74 Å². The highest BCUT2D eigenvalue weighted by atomic mass is 19.1. The monoisotopic (exact) mass is 342 g/mol. The maximum absolute atomic E-state index is 12.8. The zero-order valence-electron chi connectivity index (χ0n) is 13.9. The lowest BCUT2D eigenvalue weighted by Crippen LogP contribution is -2.24. The first kappa shape index (κ1) is 16.9. The summed E-state index contributed by atoms with van der Waals surface area (Å²) in [6.07, 6.45) is 3.10. The van der Waals surface area contributed by atoms with E-state index in [0.717, 1.165) is 23.9 Å². The van der Waals surface area contributed by atoms with Crippen molar-refractivity contribution in [1.82, 2.24) is 20.5 Å². The number of H-pyrrole nitrogens is 1. The Hall–Kier alpha value is -2.96. The van der Waals surface area contributed by atoms with Crippen LogP contribution in [0.15, 0.2) is 36.5 Å². The first-order valence-electron chi connectivity index (χ1n) is 8.11. The zero-order chi connectivity index (χ0) is 17.6. The van der Waals surface area contributed by atoms with Crippen LogP contribution in [0.1, 0.15) is 28.9 Å². The van der Waals surface area contributed by atoms with E-state index in [9.17, 15) is 9.18 Å². The topological polar surface area (TPSA) is 79.9 Å². The Labute approximate surface area is 144 Å². The minimum atomic E-state index is -0.284. The van der Waals surface area contributed by atoms with Crippen molar-refractivity contribution in [3.05, 3.63) is 53.6 Å². The highest BCUT2D eigenvalue weighted by molar-refractivity contribution is 5.97. The van der Waals surface area contributed by atoms with Crippen molar-refractivity contribution in [3.63, 3.8) is 0 Å². The Kier molecular flexibility index (Phi) is 5.23. The Morgan fingerprint density at radius 3 is 2.88 bits per heavy atom. The van der Waals surface area contributed by atoms with Crippen LogP contribution in [0.25, 0.3) is 11.0 Å². The molecule has 1 amide bonds. The van der Waals surface area contributed by atoms with E-state index >= 15 is 0 Å². The predicted octanol–water partition coefficient (Wildman–Crippen LogP) is 2.99. The van der Waals surface area contributed by atoms with Crippen LogP contribution in [-0.2, 0) is 0 Å². The Balaban J connectivity index is 1.40. The number of ether oxygens (including phenoxy) is 1. The van der Waals surface area contributed by atoms with Gasteiger partial charge < -0.3 is 10.1 Å². The van der Waals surface area contributed by atoms with E-state index in [-0.39, 0.29) is 11.7 Å². The van der Waals surface area contributed by atoms with Crippen molar-refractivity contribution in [3.8, 4) is 5.75 Å². The van der Waals surface area contributed by atoms with Gasteiger partial charge in [-0.25, -0.2) is 9.37 Å². The normalized spacial score (nSPS) is 10.8. The molecule has 0 atom stereocenters. The summed E-state index contributed by atoms with van der Waals surface area (Å²) < 4.78 is 18.3. The number of pyridine rings is 1. The molecular formula is C18H19FN4O2. The fourth-order valence-electron chi connectivity index (χ4n) is 2.40. The van der Waals surface area contributed by atoms with Gasteiger partial charge in [-0.2, -0.15) is 5.10 Å². The van der Waals surface area contributed by atoms with Crippen LogP contribution in [0.3, 0.4) is 0 Å². The number of carbonyl (C=O) groups excluding carboxylic acids is 1. The van der Waals surface area contributed by atoms with E-state index < -0.39 is 0 Å². The number of aromatic amines is 1. The molecular weight excluding hydrogens is 323 g/mol. The number of nitrogens with zero attached hydrogens (tertiary/aromatic N) is 2. The van der Waals surface area contributed by atoms with E-state index in [1.54, 1.807) is 18.2 Å². The van der Waals surface area contributed by atoms with Gasteiger partial charge in [0, 0.05) is 23.8 Å². The number of aryl methyl sites for hydroxylation is 1. The van der Waals surface area contributed by atoms with Gasteiger partial charge in [-0.1, -0.05) is 0 Å². The molecule has 25 heavy (non-hydrogen) atoms. The molecule has 0 unspecified atom stereocenters. The Bertz CT molecular complexity index is 861. The van der Waals surface area contributed by atoms with Crippen LogP contribution in [-0.4, -0.2) is 34.2 Å². The second-order valence-electron chi connectivity index (χ2n) is 5.71. The number of rotatable bonds is 7. The largest absolute Gasteiger partial charge is 0.494 e. The molecule has 2 heterocycles. The smallest absolute Gasteiger partial charge is 0.252 e. The minimum Gasteiger partial charge on any atom is -0.494 e. The third-order valence-corrected chi connectivity index (χ3v) is 3.80. The number of fused-ring (bicyclic) bond motifs is 1. The second-order valence-corrected chi connectivity index (χ2v) is 5.71. The Morgan fingerprint density at radius 2 is 2.08 bits per heavy atom. The molecule has 3 rings (SSSR count). The molecule has 0 spiro atoms. The number of nitrogens with one attached hydrogen (secondary N) is 2. The fraction of sp³-hybridized carbons (Fsp3) is 0.278. The third kappa shape index (κ3) is 4.32. The average Bonchev–Trinajstić information content (AvgIpc) is 3.00. The number of halogens is 1. The first-order chi connectivity index (χ1) is 12.1. The number of hydrogen-bond acceptors (Lipinski definition) is 4. The van der Waals surface area contributed by atoms with Crippen molar-refractivity contribution < 1.29 is 13.9 Å². The molecule has 130 valence electrons. The van der Waals surface area contributed by atoms with Gasteiger partial charge >= 0.3 is 0 Å². The van der Waals surface area contributed by atoms with Crippen molar-refractivity contribution >= 4 is 16.9 Å². The molecule has 0 saturated carbocycles. The molecule has 1 aromatic carbocycles. The average molecular weight is 342 g/mol. The molecule has 0 aliphatic rings. The Morgan fingerprint density at radius 1 is 1.28 bits per heavy atom. The maximum Gasteiger partial charge on any atom is 0.252 e. The maximum atomic E-state index is 12.8. The van der Waals surface area contributed by atoms with Gasteiger partial charge in [0.15, 0.2) is 5.65 Å². The van der Waals surface area contributed by atoms with Gasteiger partial charge in [0.25, 0.3) is 5.91 Å². The molecule has 0 aliphatic carbocycles. The number of hydrogen-bond donors (Lipinski definition) is 2. The number of aromatic nitrogens is 3. The fourth-order valence-corrected chi connectivity index (χ4v) is 2.40. The number of benzene rings is 1. The van der Waals surface area contributed by atoms with Crippen LogP contribution < -0.4 is 10.1 Å². The second kappa shape index (κ2) is 7.74. The molecule has 2 N–H and O–H groups in total. The van der Waals surface area contributed by atoms with E-state index in [2.05, 4.69) is 20.5 Å². The van der Waals surface area contributed by atoms with Gasteiger partial charge in [0.1, 0.15) is 11.6 Å². The van der Waals surface area contributed by atoms with Crippen LogP contribution in [0.2, 0.25) is 0 Å². The van der Waals surface area contributed by atoms with Crippen LogP contribution in [0, 0.1) is 12.7 Å². The zero-order valence-corrected chi connectivity index (χ0v) is 13.9. The van der Waals surface area contributed by atoms with Crippen LogP contribution >= 0.6 is 0 Å². The molecule has 0 radical (unpaired) electrons. The van der Waals surface area contributed by atoms with Gasteiger partial charge in [-0.3, -0.25) is 9.89 Å². The SMILES string of the molecule is Cc1[nH]nc2ncc(C(=O)NCCCCOc3ccc(F)cc3)cc12. The molecule has 0 fully saturated rings. The molecule has 7 heteroatoms.